The summed E-state index contributed by atoms with van der Waals surface area (Å²) in [4.78, 5) is 9.91. The first-order chi connectivity index (χ1) is 21.7. The van der Waals surface area contributed by atoms with Gasteiger partial charge in [-0.2, -0.15) is 0 Å². The lowest BCUT2D eigenvalue weighted by molar-refractivity contribution is 0.483. The highest BCUT2D eigenvalue weighted by atomic mass is 16.5. The largest absolute Gasteiger partial charge is 0.457 e. The van der Waals surface area contributed by atoms with Gasteiger partial charge in [0.15, 0.2) is 0 Å². The normalized spacial score (nSPS) is 11.8. The zero-order valence-electron chi connectivity index (χ0n) is 24.0. The van der Waals surface area contributed by atoms with Gasteiger partial charge in [-0.15, -0.1) is 0 Å². The van der Waals surface area contributed by atoms with E-state index in [0.29, 0.717) is 0 Å². The van der Waals surface area contributed by atoms with Crippen LogP contribution in [0.4, 0.5) is 0 Å². The molecule has 0 radical (unpaired) electrons. The number of aromatic nitrogens is 4. The SMILES string of the molecule is Cc1ccccc1-c1cn2c3ccccc3c3ccc(Oc4cccc(-n5c6ccccc6c6cccnc65)c4)cc3c2n1. The first-order valence-electron chi connectivity index (χ1n) is 14.7. The van der Waals surface area contributed by atoms with Gasteiger partial charge in [-0.1, -0.05) is 66.7 Å². The summed E-state index contributed by atoms with van der Waals surface area (Å²) in [6.07, 6.45) is 3.99. The number of pyridine rings is 2. The third kappa shape index (κ3) is 3.73. The molecule has 5 heteroatoms. The molecule has 208 valence electrons. The zero-order chi connectivity index (χ0) is 29.2. The van der Waals surface area contributed by atoms with Crippen molar-refractivity contribution in [3.8, 4) is 28.4 Å². The number of para-hydroxylation sites is 2. The molecule has 0 saturated carbocycles. The standard InChI is InChI=1S/C39H26N4O/c1-25-10-2-3-13-29(25)35-24-42-36-17-6-4-14-31(36)30-20-19-28(23-34(30)39(42)41-35)44-27-12-8-11-26(22-27)43-37-18-7-5-15-32(37)33-16-9-21-40-38(33)43/h2-24H,1H3. The number of nitrogens with zero attached hydrogens (tertiary/aromatic N) is 4. The van der Waals surface area contributed by atoms with E-state index in [0.717, 1.165) is 66.9 Å². The summed E-state index contributed by atoms with van der Waals surface area (Å²) >= 11 is 0. The van der Waals surface area contributed by atoms with Crippen molar-refractivity contribution in [2.75, 3.05) is 0 Å². The molecule has 0 saturated heterocycles. The maximum Gasteiger partial charge on any atom is 0.146 e. The minimum Gasteiger partial charge on any atom is -0.457 e. The van der Waals surface area contributed by atoms with E-state index in [1.165, 1.54) is 16.3 Å². The average molecular weight is 567 g/mol. The van der Waals surface area contributed by atoms with Gasteiger partial charge < -0.3 is 4.74 Å². The molecule has 9 aromatic rings. The zero-order valence-corrected chi connectivity index (χ0v) is 24.0. The fourth-order valence-electron chi connectivity index (χ4n) is 6.54. The van der Waals surface area contributed by atoms with Crippen LogP contribution in [0.5, 0.6) is 11.5 Å². The Morgan fingerprint density at radius 3 is 2.20 bits per heavy atom. The van der Waals surface area contributed by atoms with Gasteiger partial charge in [0.25, 0.3) is 0 Å². The van der Waals surface area contributed by atoms with E-state index < -0.39 is 0 Å². The summed E-state index contributed by atoms with van der Waals surface area (Å²) in [5.41, 5.74) is 8.37. The first-order valence-corrected chi connectivity index (χ1v) is 14.7. The summed E-state index contributed by atoms with van der Waals surface area (Å²) in [7, 11) is 0. The topological polar surface area (TPSA) is 44.4 Å². The monoisotopic (exact) mass is 566 g/mol. The molecule has 9 rings (SSSR count). The lowest BCUT2D eigenvalue weighted by Gasteiger charge is -2.12. The van der Waals surface area contributed by atoms with Crippen LogP contribution in [0.15, 0.2) is 140 Å². The molecule has 4 aromatic heterocycles. The lowest BCUT2D eigenvalue weighted by atomic mass is 10.1. The second kappa shape index (κ2) is 9.54. The first kappa shape index (κ1) is 24.6. The molecule has 5 aromatic carbocycles. The number of aryl methyl sites for hydroxylation is 1. The van der Waals surface area contributed by atoms with Crippen molar-refractivity contribution in [3.63, 3.8) is 0 Å². The molecule has 0 aliphatic carbocycles. The van der Waals surface area contributed by atoms with Crippen LogP contribution in [0.25, 0.3) is 66.2 Å². The number of imidazole rings is 1. The van der Waals surface area contributed by atoms with Crippen molar-refractivity contribution >= 4 is 49.3 Å². The van der Waals surface area contributed by atoms with Crippen LogP contribution in [0.3, 0.4) is 0 Å². The molecule has 0 bridgehead atoms. The van der Waals surface area contributed by atoms with E-state index in [1.54, 1.807) is 0 Å². The van der Waals surface area contributed by atoms with Crippen LogP contribution in [-0.4, -0.2) is 18.9 Å². The Kier molecular flexibility index (Phi) is 5.34. The highest BCUT2D eigenvalue weighted by Crippen LogP contribution is 2.36. The Morgan fingerprint density at radius 2 is 1.32 bits per heavy atom. The van der Waals surface area contributed by atoms with E-state index >= 15 is 0 Å². The smallest absolute Gasteiger partial charge is 0.146 e. The highest BCUT2D eigenvalue weighted by Gasteiger charge is 2.16. The summed E-state index contributed by atoms with van der Waals surface area (Å²) in [6, 6.07) is 44.0. The molecule has 0 atom stereocenters. The van der Waals surface area contributed by atoms with Crippen LogP contribution in [0.2, 0.25) is 0 Å². The van der Waals surface area contributed by atoms with Gasteiger partial charge in [0, 0.05) is 45.6 Å². The molecule has 44 heavy (non-hydrogen) atoms. The lowest BCUT2D eigenvalue weighted by Crippen LogP contribution is -1.96. The molecule has 0 N–H and O–H groups in total. The van der Waals surface area contributed by atoms with Crippen molar-refractivity contribution in [2.24, 2.45) is 0 Å². The highest BCUT2D eigenvalue weighted by molar-refractivity contribution is 6.12. The Bertz CT molecular complexity index is 2500. The number of fused-ring (bicyclic) bond motifs is 9. The second-order valence-corrected chi connectivity index (χ2v) is 11.2. The van der Waals surface area contributed by atoms with Crippen LogP contribution in [-0.2, 0) is 0 Å². The van der Waals surface area contributed by atoms with Gasteiger partial charge in [0.2, 0.25) is 0 Å². The Hall–Kier alpha value is -5.94. The molecule has 4 heterocycles. The minimum absolute atomic E-state index is 0.754. The Morgan fingerprint density at radius 1 is 0.568 bits per heavy atom. The van der Waals surface area contributed by atoms with Crippen LogP contribution >= 0.6 is 0 Å². The fraction of sp³-hybridized carbons (Fsp3) is 0.0256. The van der Waals surface area contributed by atoms with E-state index in [1.807, 2.05) is 30.5 Å². The number of ether oxygens (including phenoxy) is 1. The minimum atomic E-state index is 0.754. The molecule has 0 aliphatic rings. The van der Waals surface area contributed by atoms with Crippen molar-refractivity contribution in [2.45, 2.75) is 6.92 Å². The maximum atomic E-state index is 6.55. The van der Waals surface area contributed by atoms with Crippen LogP contribution in [0.1, 0.15) is 5.56 Å². The third-order valence-corrected chi connectivity index (χ3v) is 8.56. The summed E-state index contributed by atoms with van der Waals surface area (Å²) in [6.45, 7) is 2.13. The fourth-order valence-corrected chi connectivity index (χ4v) is 6.54. The second-order valence-electron chi connectivity index (χ2n) is 11.2. The van der Waals surface area contributed by atoms with Gasteiger partial charge in [-0.3, -0.25) is 8.97 Å². The Balaban J connectivity index is 1.19. The molecular weight excluding hydrogens is 540 g/mol. The van der Waals surface area contributed by atoms with E-state index in [-0.39, 0.29) is 0 Å². The molecule has 0 aliphatic heterocycles. The summed E-state index contributed by atoms with van der Waals surface area (Å²) in [5.74, 6) is 1.51. The summed E-state index contributed by atoms with van der Waals surface area (Å²) < 4.78 is 11.0. The van der Waals surface area contributed by atoms with E-state index in [2.05, 4.69) is 125 Å². The quantitative estimate of drug-likeness (QED) is 0.199. The van der Waals surface area contributed by atoms with Crippen LogP contribution < -0.4 is 4.74 Å². The van der Waals surface area contributed by atoms with Gasteiger partial charge in [0.1, 0.15) is 22.8 Å². The van der Waals surface area contributed by atoms with Gasteiger partial charge in [0.05, 0.1) is 22.4 Å². The molecule has 5 nitrogen and oxygen atoms in total. The average Bonchev–Trinajstić information content (AvgIpc) is 3.66. The van der Waals surface area contributed by atoms with E-state index in [9.17, 15) is 0 Å². The van der Waals surface area contributed by atoms with Crippen molar-refractivity contribution < 1.29 is 4.74 Å². The summed E-state index contributed by atoms with van der Waals surface area (Å²) in [5, 5.41) is 5.68. The number of hydrogen-bond donors (Lipinski definition) is 0. The third-order valence-electron chi connectivity index (χ3n) is 8.56. The Labute approximate surface area is 253 Å². The maximum absolute atomic E-state index is 6.55. The van der Waals surface area contributed by atoms with Gasteiger partial charge >= 0.3 is 0 Å². The predicted molar refractivity (Wildman–Crippen MR) is 179 cm³/mol. The molecule has 0 unspecified atom stereocenters. The number of rotatable bonds is 4. The van der Waals surface area contributed by atoms with Gasteiger partial charge in [-0.05, 0) is 72.5 Å². The van der Waals surface area contributed by atoms with Crippen molar-refractivity contribution in [1.29, 1.82) is 0 Å². The number of hydrogen-bond acceptors (Lipinski definition) is 3. The predicted octanol–water partition coefficient (Wildman–Crippen LogP) is 9.90. The molecule has 0 spiro atoms. The van der Waals surface area contributed by atoms with Crippen molar-refractivity contribution in [3.05, 3.63) is 145 Å². The van der Waals surface area contributed by atoms with Crippen molar-refractivity contribution in [1.82, 2.24) is 18.9 Å². The van der Waals surface area contributed by atoms with E-state index in [4.69, 9.17) is 14.7 Å². The number of benzene rings is 5. The van der Waals surface area contributed by atoms with Crippen LogP contribution in [0, 0.1) is 6.92 Å². The molecular formula is C39H26N4O. The molecule has 0 fully saturated rings. The van der Waals surface area contributed by atoms with Gasteiger partial charge in [-0.25, -0.2) is 9.97 Å². The molecule has 0 amide bonds.